The van der Waals surface area contributed by atoms with Crippen LogP contribution in [0.3, 0.4) is 0 Å². The fraction of sp³-hybridized carbons (Fsp3) is 0.167. The molecule has 2 rings (SSSR count). The molecular formula is C12H12N4O4. The van der Waals surface area contributed by atoms with Crippen molar-refractivity contribution in [1.82, 2.24) is 10.2 Å². The molecular weight excluding hydrogens is 264 g/mol. The highest BCUT2D eigenvalue weighted by atomic mass is 16.6. The molecule has 8 heteroatoms. The number of methoxy groups -OCH3 is 1. The van der Waals surface area contributed by atoms with Gasteiger partial charge in [-0.1, -0.05) is 11.2 Å². The molecule has 0 fully saturated rings. The third-order valence-corrected chi connectivity index (χ3v) is 2.60. The van der Waals surface area contributed by atoms with E-state index < -0.39 is 10.8 Å². The highest BCUT2D eigenvalue weighted by molar-refractivity contribution is 6.04. The normalized spacial score (nSPS) is 10.1. The number of H-pyrrole nitrogens is 1. The summed E-state index contributed by atoms with van der Waals surface area (Å²) in [6.07, 6.45) is 0. The number of hydrogen-bond donors (Lipinski definition) is 2. The minimum atomic E-state index is -0.656. The Hall–Kier alpha value is -2.90. The molecule has 0 saturated heterocycles. The van der Waals surface area contributed by atoms with Crippen LogP contribution in [-0.4, -0.2) is 28.1 Å². The fourth-order valence-electron chi connectivity index (χ4n) is 1.63. The van der Waals surface area contributed by atoms with Gasteiger partial charge in [-0.05, 0) is 29.5 Å². The van der Waals surface area contributed by atoms with Crippen molar-refractivity contribution in [3.8, 4) is 5.75 Å². The van der Waals surface area contributed by atoms with Crippen molar-refractivity contribution < 1.29 is 14.5 Å². The molecule has 0 spiro atoms. The summed E-state index contributed by atoms with van der Waals surface area (Å²) < 4.78 is 5.13. The average molecular weight is 276 g/mol. The maximum atomic E-state index is 12.0. The summed E-state index contributed by atoms with van der Waals surface area (Å²) in [6, 6.07) is 6.36. The first-order valence-electron chi connectivity index (χ1n) is 5.67. The zero-order chi connectivity index (χ0) is 14.7. The molecule has 0 aliphatic carbocycles. The van der Waals surface area contributed by atoms with Crippen molar-refractivity contribution >= 4 is 17.4 Å². The molecule has 0 unspecified atom stereocenters. The second-order valence-electron chi connectivity index (χ2n) is 4.05. The Balaban J connectivity index is 2.22. The van der Waals surface area contributed by atoms with Crippen LogP contribution in [0.2, 0.25) is 0 Å². The van der Waals surface area contributed by atoms with E-state index >= 15 is 0 Å². The standard InChI is InChI=1S/C12H12N4O4/c1-7-3-4-10(20-2)8(5-7)13-12(17)9-6-11(15-14-9)16(18)19/h3-6H,1-2H3,(H,13,17)(H,14,15). The van der Waals surface area contributed by atoms with Crippen LogP contribution < -0.4 is 10.1 Å². The van der Waals surface area contributed by atoms with Crippen molar-refractivity contribution in [1.29, 1.82) is 0 Å². The van der Waals surface area contributed by atoms with Gasteiger partial charge < -0.3 is 20.2 Å². The van der Waals surface area contributed by atoms with E-state index in [1.807, 2.05) is 13.0 Å². The number of amides is 1. The summed E-state index contributed by atoms with van der Waals surface area (Å²) >= 11 is 0. The number of aromatic nitrogens is 2. The molecule has 0 aliphatic heterocycles. The second-order valence-corrected chi connectivity index (χ2v) is 4.05. The highest BCUT2D eigenvalue weighted by Gasteiger charge is 2.17. The molecule has 0 aliphatic rings. The van der Waals surface area contributed by atoms with Crippen LogP contribution in [0.1, 0.15) is 16.1 Å². The number of rotatable bonds is 4. The number of hydrogen-bond acceptors (Lipinski definition) is 5. The molecule has 2 aromatic rings. The summed E-state index contributed by atoms with van der Waals surface area (Å²) in [4.78, 5) is 21.8. The van der Waals surface area contributed by atoms with E-state index in [0.29, 0.717) is 11.4 Å². The third kappa shape index (κ3) is 2.74. The Kier molecular flexibility index (Phi) is 3.65. The molecule has 1 heterocycles. The van der Waals surface area contributed by atoms with Crippen molar-refractivity contribution in [3.05, 3.63) is 45.6 Å². The number of nitrogens with zero attached hydrogens (tertiary/aromatic N) is 2. The van der Waals surface area contributed by atoms with Gasteiger partial charge in [-0.15, -0.1) is 5.10 Å². The largest absolute Gasteiger partial charge is 0.495 e. The Labute approximate surface area is 113 Å². The van der Waals surface area contributed by atoms with Gasteiger partial charge in [-0.25, -0.2) is 0 Å². The fourth-order valence-corrected chi connectivity index (χ4v) is 1.63. The van der Waals surface area contributed by atoms with E-state index in [9.17, 15) is 14.9 Å². The van der Waals surface area contributed by atoms with Crippen LogP contribution in [0.4, 0.5) is 11.5 Å². The topological polar surface area (TPSA) is 110 Å². The predicted molar refractivity (Wildman–Crippen MR) is 70.9 cm³/mol. The van der Waals surface area contributed by atoms with E-state index in [1.54, 1.807) is 12.1 Å². The SMILES string of the molecule is COc1ccc(C)cc1NC(=O)c1cc([N+](=O)[O-])[nH]n1. The summed E-state index contributed by atoms with van der Waals surface area (Å²) in [5, 5.41) is 18.9. The lowest BCUT2D eigenvalue weighted by atomic mass is 10.2. The summed E-state index contributed by atoms with van der Waals surface area (Å²) in [5.41, 5.74) is 1.34. The van der Waals surface area contributed by atoms with Crippen LogP contribution in [0.15, 0.2) is 24.3 Å². The van der Waals surface area contributed by atoms with Crippen LogP contribution in [-0.2, 0) is 0 Å². The number of carbonyl (C=O) groups excluding carboxylic acids is 1. The Morgan fingerprint density at radius 2 is 2.20 bits per heavy atom. The molecule has 2 N–H and O–H groups in total. The van der Waals surface area contributed by atoms with E-state index in [-0.39, 0.29) is 11.5 Å². The Morgan fingerprint density at radius 3 is 2.80 bits per heavy atom. The maximum Gasteiger partial charge on any atom is 0.343 e. The number of benzene rings is 1. The molecule has 0 bridgehead atoms. The second kappa shape index (κ2) is 5.39. The number of anilines is 1. The number of carbonyl (C=O) groups is 1. The maximum absolute atomic E-state index is 12.0. The van der Waals surface area contributed by atoms with Crippen LogP contribution in [0.5, 0.6) is 5.75 Å². The lowest BCUT2D eigenvalue weighted by Gasteiger charge is -2.09. The van der Waals surface area contributed by atoms with Gasteiger partial charge in [0.1, 0.15) is 5.75 Å². The number of nitrogens with one attached hydrogen (secondary N) is 2. The van der Waals surface area contributed by atoms with E-state index in [4.69, 9.17) is 4.74 Å². The smallest absolute Gasteiger partial charge is 0.343 e. The van der Waals surface area contributed by atoms with Gasteiger partial charge in [0.25, 0.3) is 5.91 Å². The first-order chi connectivity index (χ1) is 9.51. The summed E-state index contributed by atoms with van der Waals surface area (Å²) in [5.74, 6) is -0.404. The van der Waals surface area contributed by atoms with Crippen molar-refractivity contribution in [2.45, 2.75) is 6.92 Å². The average Bonchev–Trinajstić information content (AvgIpc) is 2.89. The third-order valence-electron chi connectivity index (χ3n) is 2.60. The lowest BCUT2D eigenvalue weighted by Crippen LogP contribution is -2.13. The molecule has 0 atom stereocenters. The van der Waals surface area contributed by atoms with Gasteiger partial charge in [0.15, 0.2) is 5.69 Å². The zero-order valence-corrected chi connectivity index (χ0v) is 10.8. The van der Waals surface area contributed by atoms with Gasteiger partial charge in [0.2, 0.25) is 0 Å². The number of aryl methyl sites for hydroxylation is 1. The Bertz CT molecular complexity index is 665. The van der Waals surface area contributed by atoms with Gasteiger partial charge in [-0.2, -0.15) is 0 Å². The van der Waals surface area contributed by atoms with Crippen LogP contribution in [0.25, 0.3) is 0 Å². The summed E-state index contributed by atoms with van der Waals surface area (Å²) in [7, 11) is 1.49. The van der Waals surface area contributed by atoms with Gasteiger partial charge >= 0.3 is 5.82 Å². The van der Waals surface area contributed by atoms with Crippen molar-refractivity contribution in [2.24, 2.45) is 0 Å². The van der Waals surface area contributed by atoms with Gasteiger partial charge in [-0.3, -0.25) is 4.79 Å². The van der Waals surface area contributed by atoms with Crippen molar-refractivity contribution in [2.75, 3.05) is 12.4 Å². The van der Waals surface area contributed by atoms with Crippen molar-refractivity contribution in [3.63, 3.8) is 0 Å². The number of aromatic amines is 1. The molecule has 1 aromatic carbocycles. The van der Waals surface area contributed by atoms with Gasteiger partial charge in [0, 0.05) is 0 Å². The first kappa shape index (κ1) is 13.5. The van der Waals surface area contributed by atoms with Gasteiger partial charge in [0.05, 0.1) is 18.9 Å². The predicted octanol–water partition coefficient (Wildman–Crippen LogP) is 1.89. The van der Waals surface area contributed by atoms with Crippen LogP contribution in [0, 0.1) is 17.0 Å². The van der Waals surface area contributed by atoms with E-state index in [2.05, 4.69) is 15.5 Å². The minimum Gasteiger partial charge on any atom is -0.495 e. The Morgan fingerprint density at radius 1 is 1.45 bits per heavy atom. The quantitative estimate of drug-likeness (QED) is 0.654. The molecule has 1 amide bonds. The zero-order valence-electron chi connectivity index (χ0n) is 10.8. The summed E-state index contributed by atoms with van der Waals surface area (Å²) in [6.45, 7) is 1.87. The molecule has 0 saturated carbocycles. The molecule has 8 nitrogen and oxygen atoms in total. The minimum absolute atomic E-state index is 0.0692. The molecule has 104 valence electrons. The highest BCUT2D eigenvalue weighted by Crippen LogP contribution is 2.25. The monoisotopic (exact) mass is 276 g/mol. The molecule has 20 heavy (non-hydrogen) atoms. The number of ether oxygens (including phenoxy) is 1. The molecule has 0 radical (unpaired) electrons. The van der Waals surface area contributed by atoms with Crippen LogP contribution >= 0.6 is 0 Å². The van der Waals surface area contributed by atoms with E-state index in [1.165, 1.54) is 7.11 Å². The first-order valence-corrected chi connectivity index (χ1v) is 5.67. The van der Waals surface area contributed by atoms with E-state index in [0.717, 1.165) is 11.6 Å². The molecule has 1 aromatic heterocycles. The number of nitro groups is 1. The lowest BCUT2D eigenvalue weighted by molar-refractivity contribution is -0.389.